The fourth-order valence-corrected chi connectivity index (χ4v) is 0.593. The van der Waals surface area contributed by atoms with E-state index in [1.165, 1.54) is 0 Å². The van der Waals surface area contributed by atoms with Gasteiger partial charge in [0.1, 0.15) is 0 Å². The molecule has 0 aliphatic rings. The first-order valence-electron chi connectivity index (χ1n) is 3.92. The Hall–Kier alpha value is -0.570. The highest BCUT2D eigenvalue weighted by Gasteiger charge is 1.98. The first-order valence-corrected chi connectivity index (χ1v) is 3.92. The fraction of sp³-hybridized carbons (Fsp3) is 0.875. The van der Waals surface area contributed by atoms with Gasteiger partial charge in [0.2, 0.25) is 0 Å². The van der Waals surface area contributed by atoms with E-state index in [0.29, 0.717) is 12.4 Å². The average Bonchev–Trinajstić information content (AvgIpc) is 1.86. The Morgan fingerprint density at radius 2 is 2.09 bits per heavy atom. The molecule has 11 heavy (non-hydrogen) atoms. The van der Waals surface area contributed by atoms with Gasteiger partial charge in [-0.05, 0) is 20.8 Å². The van der Waals surface area contributed by atoms with Crippen molar-refractivity contribution >= 4 is 5.84 Å². The van der Waals surface area contributed by atoms with E-state index >= 15 is 0 Å². The third-order valence-electron chi connectivity index (χ3n) is 1.45. The van der Waals surface area contributed by atoms with Gasteiger partial charge in [0.05, 0.1) is 18.5 Å². The maximum Gasteiger partial charge on any atom is 0.0924 e. The van der Waals surface area contributed by atoms with Crippen LogP contribution < -0.4 is 0 Å². The maximum absolute atomic E-state index is 7.26. The number of likely N-dealkylation sites (N-methyl/N-ethyl adjacent to an activating group) is 1. The van der Waals surface area contributed by atoms with E-state index in [1.54, 1.807) is 6.92 Å². The average molecular weight is 158 g/mol. The van der Waals surface area contributed by atoms with Crippen molar-refractivity contribution in [2.45, 2.75) is 26.9 Å². The third-order valence-corrected chi connectivity index (χ3v) is 1.45. The molecule has 0 aromatic carbocycles. The van der Waals surface area contributed by atoms with E-state index in [2.05, 4.69) is 0 Å². The van der Waals surface area contributed by atoms with Gasteiger partial charge in [-0.1, -0.05) is 0 Å². The summed E-state index contributed by atoms with van der Waals surface area (Å²) in [4.78, 5) is 1.86. The predicted molar refractivity (Wildman–Crippen MR) is 47.1 cm³/mol. The Bertz CT molecular complexity index is 123. The predicted octanol–water partition coefficient (Wildman–Crippen LogP) is 1.34. The molecule has 66 valence electrons. The van der Waals surface area contributed by atoms with E-state index in [-0.39, 0.29) is 6.10 Å². The number of hydrogen-bond acceptors (Lipinski definition) is 2. The quantitative estimate of drug-likeness (QED) is 0.495. The van der Waals surface area contributed by atoms with Crippen molar-refractivity contribution in [1.82, 2.24) is 4.90 Å². The molecule has 3 nitrogen and oxygen atoms in total. The van der Waals surface area contributed by atoms with Gasteiger partial charge < -0.3 is 9.64 Å². The third kappa shape index (κ3) is 5.85. The minimum Gasteiger partial charge on any atom is -0.377 e. The van der Waals surface area contributed by atoms with Crippen LogP contribution >= 0.6 is 0 Å². The zero-order chi connectivity index (χ0) is 8.85. The summed E-state index contributed by atoms with van der Waals surface area (Å²) in [5, 5.41) is 7.26. The van der Waals surface area contributed by atoms with Crippen LogP contribution in [0.3, 0.4) is 0 Å². The highest BCUT2D eigenvalue weighted by molar-refractivity contribution is 5.75. The lowest BCUT2D eigenvalue weighted by Gasteiger charge is -2.17. The second-order valence-corrected chi connectivity index (χ2v) is 2.93. The first-order chi connectivity index (χ1) is 5.04. The molecule has 3 heteroatoms. The van der Waals surface area contributed by atoms with Crippen molar-refractivity contribution in [3.05, 3.63) is 0 Å². The molecule has 0 rings (SSSR count). The maximum atomic E-state index is 7.26. The van der Waals surface area contributed by atoms with Gasteiger partial charge in [-0.3, -0.25) is 5.41 Å². The standard InChI is InChI=1S/C8H18N2O/c1-7(2)11-6-5-10(4)8(3)9/h7,9H,5-6H2,1-4H3. The van der Waals surface area contributed by atoms with E-state index in [9.17, 15) is 0 Å². The molecule has 0 spiro atoms. The zero-order valence-corrected chi connectivity index (χ0v) is 7.85. The summed E-state index contributed by atoms with van der Waals surface area (Å²) in [6.07, 6.45) is 0.287. The van der Waals surface area contributed by atoms with Gasteiger partial charge in [-0.2, -0.15) is 0 Å². The van der Waals surface area contributed by atoms with Crippen LogP contribution in [-0.4, -0.2) is 37.0 Å². The Morgan fingerprint density at radius 3 is 2.45 bits per heavy atom. The minimum absolute atomic E-state index is 0.287. The fourth-order valence-electron chi connectivity index (χ4n) is 0.593. The molecule has 0 saturated carbocycles. The molecule has 0 unspecified atom stereocenters. The molecule has 0 saturated heterocycles. The minimum atomic E-state index is 0.287. The smallest absolute Gasteiger partial charge is 0.0924 e. The molecular formula is C8H18N2O. The monoisotopic (exact) mass is 158 g/mol. The van der Waals surface area contributed by atoms with Gasteiger partial charge >= 0.3 is 0 Å². The van der Waals surface area contributed by atoms with Crippen molar-refractivity contribution < 1.29 is 4.74 Å². The van der Waals surface area contributed by atoms with Crippen molar-refractivity contribution in [3.8, 4) is 0 Å². The molecule has 0 amide bonds. The summed E-state index contributed by atoms with van der Waals surface area (Å²) >= 11 is 0. The largest absolute Gasteiger partial charge is 0.377 e. The van der Waals surface area contributed by atoms with Crippen molar-refractivity contribution in [3.63, 3.8) is 0 Å². The number of rotatable bonds is 4. The molecule has 0 aliphatic heterocycles. The van der Waals surface area contributed by atoms with Gasteiger partial charge in [-0.25, -0.2) is 0 Å². The molecule has 1 N–H and O–H groups in total. The molecule has 0 bridgehead atoms. The number of nitrogens with zero attached hydrogens (tertiary/aromatic N) is 1. The topological polar surface area (TPSA) is 36.3 Å². The second-order valence-electron chi connectivity index (χ2n) is 2.93. The van der Waals surface area contributed by atoms with Gasteiger partial charge in [0.25, 0.3) is 0 Å². The van der Waals surface area contributed by atoms with Crippen LogP contribution in [0.4, 0.5) is 0 Å². The first kappa shape index (κ1) is 10.4. The Morgan fingerprint density at radius 1 is 1.55 bits per heavy atom. The molecule has 0 radical (unpaired) electrons. The zero-order valence-electron chi connectivity index (χ0n) is 7.85. The lowest BCUT2D eigenvalue weighted by Crippen LogP contribution is -2.28. The summed E-state index contributed by atoms with van der Waals surface area (Å²) in [6.45, 7) is 7.29. The number of nitrogens with one attached hydrogen (secondary N) is 1. The summed E-state index contributed by atoms with van der Waals surface area (Å²) < 4.78 is 5.32. The van der Waals surface area contributed by atoms with Crippen LogP contribution in [0.25, 0.3) is 0 Å². The summed E-state index contributed by atoms with van der Waals surface area (Å²) in [7, 11) is 1.89. The van der Waals surface area contributed by atoms with Gasteiger partial charge in [0, 0.05) is 13.6 Å². The summed E-state index contributed by atoms with van der Waals surface area (Å²) in [5.41, 5.74) is 0. The molecule has 0 fully saturated rings. The van der Waals surface area contributed by atoms with Crippen LogP contribution in [0.1, 0.15) is 20.8 Å². The summed E-state index contributed by atoms with van der Waals surface area (Å²) in [6, 6.07) is 0. The van der Waals surface area contributed by atoms with E-state index in [4.69, 9.17) is 10.1 Å². The van der Waals surface area contributed by atoms with E-state index < -0.39 is 0 Å². The molecule has 0 aliphatic carbocycles. The van der Waals surface area contributed by atoms with Crippen molar-refractivity contribution in [2.75, 3.05) is 20.2 Å². The lowest BCUT2D eigenvalue weighted by atomic mass is 10.5. The normalized spacial score (nSPS) is 10.3. The summed E-state index contributed by atoms with van der Waals surface area (Å²) in [5.74, 6) is 0.581. The van der Waals surface area contributed by atoms with Gasteiger partial charge in [-0.15, -0.1) is 0 Å². The van der Waals surface area contributed by atoms with Crippen LogP contribution in [0.5, 0.6) is 0 Å². The molecule has 0 heterocycles. The van der Waals surface area contributed by atoms with Crippen LogP contribution in [0.15, 0.2) is 0 Å². The second kappa shape index (κ2) is 5.13. The number of amidine groups is 1. The Kier molecular flexibility index (Phi) is 4.86. The van der Waals surface area contributed by atoms with E-state index in [0.717, 1.165) is 6.54 Å². The van der Waals surface area contributed by atoms with Crippen molar-refractivity contribution in [1.29, 1.82) is 5.41 Å². The molecular weight excluding hydrogens is 140 g/mol. The lowest BCUT2D eigenvalue weighted by molar-refractivity contribution is 0.0723. The van der Waals surface area contributed by atoms with Crippen LogP contribution in [-0.2, 0) is 4.74 Å². The van der Waals surface area contributed by atoms with Crippen molar-refractivity contribution in [2.24, 2.45) is 0 Å². The molecule has 0 aromatic rings. The van der Waals surface area contributed by atoms with Gasteiger partial charge in [0.15, 0.2) is 0 Å². The van der Waals surface area contributed by atoms with Crippen LogP contribution in [0, 0.1) is 5.41 Å². The molecule has 0 aromatic heterocycles. The molecule has 0 atom stereocenters. The number of ether oxygens (including phenoxy) is 1. The highest BCUT2D eigenvalue weighted by Crippen LogP contribution is 1.89. The number of hydrogen-bond donors (Lipinski definition) is 1. The SMILES string of the molecule is CC(=N)N(C)CCOC(C)C. The Labute approximate surface area is 68.9 Å². The van der Waals surface area contributed by atoms with Crippen LogP contribution in [0.2, 0.25) is 0 Å². The van der Waals surface area contributed by atoms with E-state index in [1.807, 2.05) is 25.8 Å². The Balaban J connectivity index is 3.31. The highest BCUT2D eigenvalue weighted by atomic mass is 16.5.